The fourth-order valence-electron chi connectivity index (χ4n) is 2.85. The van der Waals surface area contributed by atoms with Gasteiger partial charge in [-0.25, -0.2) is 4.39 Å². The summed E-state index contributed by atoms with van der Waals surface area (Å²) in [6.45, 7) is 4.41. The minimum atomic E-state index is -0.467. The Morgan fingerprint density at radius 3 is 2.45 bits per heavy atom. The van der Waals surface area contributed by atoms with Crippen molar-refractivity contribution in [1.82, 2.24) is 0 Å². The average Bonchev–Trinajstić information content (AvgIpc) is 2.33. The molecular formula is C15H21FN2O2. The summed E-state index contributed by atoms with van der Waals surface area (Å²) in [5, 5.41) is 11.0. The van der Waals surface area contributed by atoms with Gasteiger partial charge in [-0.1, -0.05) is 13.8 Å². The van der Waals surface area contributed by atoms with Crippen molar-refractivity contribution in [3.05, 3.63) is 39.7 Å². The minimum absolute atomic E-state index is 0.0407. The topological polar surface area (TPSA) is 69.2 Å². The molecule has 4 nitrogen and oxygen atoms in total. The highest BCUT2D eigenvalue weighted by Gasteiger charge is 2.36. The number of hydrogen-bond donors (Lipinski definition) is 1. The Bertz CT molecular complexity index is 519. The molecule has 1 saturated carbocycles. The van der Waals surface area contributed by atoms with Crippen LogP contribution < -0.4 is 5.73 Å². The number of nitrogens with two attached hydrogens (primary N) is 1. The first-order valence-corrected chi connectivity index (χ1v) is 6.93. The van der Waals surface area contributed by atoms with Crippen molar-refractivity contribution in [2.45, 2.75) is 51.5 Å². The van der Waals surface area contributed by atoms with Crippen molar-refractivity contribution in [3.63, 3.8) is 0 Å². The summed E-state index contributed by atoms with van der Waals surface area (Å²) >= 11 is 0. The Morgan fingerprint density at radius 1 is 1.30 bits per heavy atom. The van der Waals surface area contributed by atoms with Gasteiger partial charge in [-0.3, -0.25) is 10.1 Å². The van der Waals surface area contributed by atoms with Crippen molar-refractivity contribution < 1.29 is 9.31 Å². The standard InChI is InChI=1S/C15H21FN2O2/c1-14(2)5-7-15(17,8-6-14)10-11-9-12(16)3-4-13(11)18(19)20/h3-4,9H,5-8,10,17H2,1-2H3. The molecule has 0 radical (unpaired) electrons. The van der Waals surface area contributed by atoms with Crippen molar-refractivity contribution in [2.24, 2.45) is 11.1 Å². The summed E-state index contributed by atoms with van der Waals surface area (Å²) < 4.78 is 13.3. The largest absolute Gasteiger partial charge is 0.325 e. The van der Waals surface area contributed by atoms with Gasteiger partial charge >= 0.3 is 0 Å². The molecule has 0 aromatic heterocycles. The number of hydrogen-bond acceptors (Lipinski definition) is 3. The molecule has 1 aromatic rings. The summed E-state index contributed by atoms with van der Waals surface area (Å²) in [6, 6.07) is 3.59. The minimum Gasteiger partial charge on any atom is -0.325 e. The zero-order valence-corrected chi connectivity index (χ0v) is 12.0. The lowest BCUT2D eigenvalue weighted by Crippen LogP contribution is -2.47. The second-order valence-electron chi connectivity index (χ2n) is 6.73. The van der Waals surface area contributed by atoms with Gasteiger partial charge < -0.3 is 5.73 Å². The van der Waals surface area contributed by atoms with Crippen LogP contribution in [0.15, 0.2) is 18.2 Å². The molecular weight excluding hydrogens is 259 g/mol. The summed E-state index contributed by atoms with van der Waals surface area (Å²) in [6.07, 6.45) is 3.97. The van der Waals surface area contributed by atoms with Gasteiger partial charge in [0, 0.05) is 17.2 Å². The van der Waals surface area contributed by atoms with Crippen molar-refractivity contribution in [2.75, 3.05) is 0 Å². The Labute approximate surface area is 118 Å². The van der Waals surface area contributed by atoms with Crippen LogP contribution in [0.25, 0.3) is 0 Å². The van der Waals surface area contributed by atoms with Crippen LogP contribution in [0, 0.1) is 21.3 Å². The zero-order valence-electron chi connectivity index (χ0n) is 12.0. The maximum absolute atomic E-state index is 13.3. The van der Waals surface area contributed by atoms with Crippen molar-refractivity contribution >= 4 is 5.69 Å². The molecule has 1 aliphatic carbocycles. The maximum Gasteiger partial charge on any atom is 0.272 e. The first-order valence-electron chi connectivity index (χ1n) is 6.93. The van der Waals surface area contributed by atoms with Crippen molar-refractivity contribution in [3.8, 4) is 0 Å². The molecule has 1 aromatic carbocycles. The van der Waals surface area contributed by atoms with Gasteiger partial charge in [0.15, 0.2) is 0 Å². The van der Waals surface area contributed by atoms with E-state index in [-0.39, 0.29) is 11.1 Å². The number of nitro groups is 1. The van der Waals surface area contributed by atoms with E-state index in [9.17, 15) is 14.5 Å². The molecule has 0 spiro atoms. The van der Waals surface area contributed by atoms with Crippen LogP contribution >= 0.6 is 0 Å². The molecule has 1 fully saturated rings. The predicted molar refractivity (Wildman–Crippen MR) is 75.9 cm³/mol. The maximum atomic E-state index is 13.3. The zero-order chi connectivity index (χ0) is 15.0. The lowest BCUT2D eigenvalue weighted by molar-refractivity contribution is -0.385. The van der Waals surface area contributed by atoms with E-state index in [1.165, 1.54) is 12.1 Å². The molecule has 110 valence electrons. The highest BCUT2D eigenvalue weighted by atomic mass is 19.1. The van der Waals surface area contributed by atoms with Crippen LogP contribution in [0.1, 0.15) is 45.1 Å². The number of rotatable bonds is 3. The monoisotopic (exact) mass is 280 g/mol. The van der Waals surface area contributed by atoms with Crippen molar-refractivity contribution in [1.29, 1.82) is 0 Å². The third-order valence-corrected chi connectivity index (χ3v) is 4.38. The molecule has 20 heavy (non-hydrogen) atoms. The van der Waals surface area contributed by atoms with E-state index in [2.05, 4.69) is 13.8 Å². The van der Waals surface area contributed by atoms with E-state index in [1.807, 2.05) is 0 Å². The molecule has 1 aliphatic rings. The smallest absolute Gasteiger partial charge is 0.272 e. The summed E-state index contributed by atoms with van der Waals surface area (Å²) in [5.74, 6) is -0.453. The van der Waals surface area contributed by atoms with Gasteiger partial charge in [0.25, 0.3) is 5.69 Å². The molecule has 0 aliphatic heterocycles. The lowest BCUT2D eigenvalue weighted by Gasteiger charge is -2.41. The number of halogens is 1. The second-order valence-corrected chi connectivity index (χ2v) is 6.73. The molecule has 2 N–H and O–H groups in total. The third-order valence-electron chi connectivity index (χ3n) is 4.38. The highest BCUT2D eigenvalue weighted by molar-refractivity contribution is 5.41. The Kier molecular flexibility index (Phi) is 3.82. The van der Waals surface area contributed by atoms with Gasteiger partial charge in [0.05, 0.1) is 4.92 Å². The first-order chi connectivity index (χ1) is 9.21. The molecule has 0 saturated heterocycles. The summed E-state index contributed by atoms with van der Waals surface area (Å²) in [4.78, 5) is 10.6. The van der Waals surface area contributed by atoms with Crippen LogP contribution in [0.5, 0.6) is 0 Å². The van der Waals surface area contributed by atoms with Gasteiger partial charge in [-0.2, -0.15) is 0 Å². The van der Waals surface area contributed by atoms with Crippen LogP contribution in [0.4, 0.5) is 10.1 Å². The number of nitro benzene ring substituents is 1. The molecule has 0 amide bonds. The van der Waals surface area contributed by atoms with Gasteiger partial charge in [0.2, 0.25) is 0 Å². The Morgan fingerprint density at radius 2 is 1.90 bits per heavy atom. The van der Waals surface area contributed by atoms with E-state index >= 15 is 0 Å². The molecule has 0 atom stereocenters. The molecule has 0 bridgehead atoms. The van der Waals surface area contributed by atoms with E-state index in [4.69, 9.17) is 5.73 Å². The SMILES string of the molecule is CC1(C)CCC(N)(Cc2cc(F)ccc2[N+](=O)[O-])CC1. The Balaban J connectivity index is 2.21. The predicted octanol–water partition coefficient (Wildman–Crippen LogP) is 3.57. The lowest BCUT2D eigenvalue weighted by atomic mass is 9.68. The molecule has 0 heterocycles. The molecule has 5 heteroatoms. The van der Waals surface area contributed by atoms with E-state index in [0.717, 1.165) is 31.7 Å². The van der Waals surface area contributed by atoms with Crippen LogP contribution in [-0.2, 0) is 6.42 Å². The van der Waals surface area contributed by atoms with Crippen LogP contribution in [0.3, 0.4) is 0 Å². The molecule has 2 rings (SSSR count). The number of benzene rings is 1. The summed E-state index contributed by atoms with van der Waals surface area (Å²) in [7, 11) is 0. The third kappa shape index (κ3) is 3.33. The highest BCUT2D eigenvalue weighted by Crippen LogP contribution is 2.41. The quantitative estimate of drug-likeness (QED) is 0.679. The number of nitrogens with zero attached hydrogens (tertiary/aromatic N) is 1. The Hall–Kier alpha value is -1.49. The van der Waals surface area contributed by atoms with Gasteiger partial charge in [-0.05, 0) is 49.7 Å². The van der Waals surface area contributed by atoms with Gasteiger partial charge in [-0.15, -0.1) is 0 Å². The van der Waals surface area contributed by atoms with Gasteiger partial charge in [0.1, 0.15) is 5.82 Å². The van der Waals surface area contributed by atoms with E-state index in [1.54, 1.807) is 0 Å². The second kappa shape index (κ2) is 5.13. The fraction of sp³-hybridized carbons (Fsp3) is 0.600. The van der Waals surface area contributed by atoms with E-state index in [0.29, 0.717) is 12.0 Å². The van der Waals surface area contributed by atoms with Crippen LogP contribution in [0.2, 0.25) is 0 Å². The normalized spacial score (nSPS) is 20.6. The first kappa shape index (κ1) is 14.9. The average molecular weight is 280 g/mol. The van der Waals surface area contributed by atoms with Crippen LogP contribution in [-0.4, -0.2) is 10.5 Å². The fourth-order valence-corrected chi connectivity index (χ4v) is 2.85. The summed E-state index contributed by atoms with van der Waals surface area (Å²) in [5.41, 5.74) is 6.56. The van der Waals surface area contributed by atoms with E-state index < -0.39 is 16.3 Å². The molecule has 0 unspecified atom stereocenters.